The number of aryl methyl sites for hydroxylation is 2. The van der Waals surface area contributed by atoms with Crippen LogP contribution in [0.4, 0.5) is 0 Å². The average Bonchev–Trinajstić information content (AvgIpc) is 2.40. The van der Waals surface area contributed by atoms with E-state index in [-0.39, 0.29) is 0 Å². The Morgan fingerprint density at radius 3 is 2.50 bits per heavy atom. The molecule has 2 heteroatoms. The fourth-order valence-corrected chi connectivity index (χ4v) is 2.32. The lowest BCUT2D eigenvalue weighted by atomic mass is 9.88. The van der Waals surface area contributed by atoms with Gasteiger partial charge < -0.3 is 5.73 Å². The summed E-state index contributed by atoms with van der Waals surface area (Å²) in [5.74, 6) is 0.382. The van der Waals surface area contributed by atoms with Crippen LogP contribution in [0, 0.1) is 13.8 Å². The molecule has 1 aromatic carbocycles. The third kappa shape index (κ3) is 2.96. The van der Waals surface area contributed by atoms with Gasteiger partial charge in [0.25, 0.3) is 0 Å². The summed E-state index contributed by atoms with van der Waals surface area (Å²) in [5.41, 5.74) is 11.2. The van der Waals surface area contributed by atoms with Crippen molar-refractivity contribution in [2.75, 3.05) is 6.54 Å². The molecule has 0 spiro atoms. The van der Waals surface area contributed by atoms with Gasteiger partial charge in [-0.05, 0) is 55.6 Å². The molecule has 0 aliphatic rings. The van der Waals surface area contributed by atoms with Gasteiger partial charge >= 0.3 is 0 Å². The van der Waals surface area contributed by atoms with Crippen molar-refractivity contribution in [2.45, 2.75) is 26.2 Å². The van der Waals surface area contributed by atoms with Gasteiger partial charge in [0.05, 0.1) is 0 Å². The Hall–Kier alpha value is -1.67. The summed E-state index contributed by atoms with van der Waals surface area (Å²) in [6, 6.07) is 10.7. The first-order valence-corrected chi connectivity index (χ1v) is 6.37. The lowest BCUT2D eigenvalue weighted by molar-refractivity contribution is 0.688. The molecule has 94 valence electrons. The Labute approximate surface area is 109 Å². The van der Waals surface area contributed by atoms with Gasteiger partial charge in [0.2, 0.25) is 0 Å². The van der Waals surface area contributed by atoms with Crippen LogP contribution in [-0.2, 0) is 6.42 Å². The standard InChI is InChI=1S/C16H20N2/c1-12-3-4-13(2)16(9-12)15(11-17)10-14-5-7-18-8-6-14/h3-9,15H,10-11,17H2,1-2H3. The van der Waals surface area contributed by atoms with E-state index in [1.807, 2.05) is 12.4 Å². The number of aromatic nitrogens is 1. The van der Waals surface area contributed by atoms with E-state index in [4.69, 9.17) is 5.73 Å². The zero-order valence-corrected chi connectivity index (χ0v) is 11.1. The summed E-state index contributed by atoms with van der Waals surface area (Å²) in [4.78, 5) is 4.05. The van der Waals surface area contributed by atoms with E-state index in [9.17, 15) is 0 Å². The summed E-state index contributed by atoms with van der Waals surface area (Å²) in [6.07, 6.45) is 4.65. The van der Waals surface area contributed by atoms with Crippen molar-refractivity contribution >= 4 is 0 Å². The molecule has 1 aromatic heterocycles. The fraction of sp³-hybridized carbons (Fsp3) is 0.312. The van der Waals surface area contributed by atoms with E-state index in [2.05, 4.69) is 49.2 Å². The van der Waals surface area contributed by atoms with E-state index in [0.29, 0.717) is 12.5 Å². The number of pyridine rings is 1. The first kappa shape index (κ1) is 12.8. The highest BCUT2D eigenvalue weighted by atomic mass is 14.6. The maximum atomic E-state index is 5.96. The molecule has 0 fully saturated rings. The zero-order chi connectivity index (χ0) is 13.0. The van der Waals surface area contributed by atoms with Crippen LogP contribution in [0.5, 0.6) is 0 Å². The number of hydrogen-bond donors (Lipinski definition) is 1. The van der Waals surface area contributed by atoms with Crippen molar-refractivity contribution in [3.05, 3.63) is 65.0 Å². The zero-order valence-electron chi connectivity index (χ0n) is 11.1. The third-order valence-corrected chi connectivity index (χ3v) is 3.39. The van der Waals surface area contributed by atoms with E-state index >= 15 is 0 Å². The Kier molecular flexibility index (Phi) is 4.11. The van der Waals surface area contributed by atoms with Gasteiger partial charge in [0.1, 0.15) is 0 Å². The van der Waals surface area contributed by atoms with Crippen LogP contribution in [0.3, 0.4) is 0 Å². The topological polar surface area (TPSA) is 38.9 Å². The van der Waals surface area contributed by atoms with Crippen LogP contribution in [-0.4, -0.2) is 11.5 Å². The van der Waals surface area contributed by atoms with Crippen molar-refractivity contribution in [3.63, 3.8) is 0 Å². The van der Waals surface area contributed by atoms with E-state index < -0.39 is 0 Å². The minimum Gasteiger partial charge on any atom is -0.330 e. The molecule has 1 unspecified atom stereocenters. The number of nitrogens with two attached hydrogens (primary N) is 1. The highest BCUT2D eigenvalue weighted by molar-refractivity contribution is 5.34. The van der Waals surface area contributed by atoms with Crippen molar-refractivity contribution < 1.29 is 0 Å². The highest BCUT2D eigenvalue weighted by Gasteiger charge is 2.13. The van der Waals surface area contributed by atoms with Crippen molar-refractivity contribution in [2.24, 2.45) is 5.73 Å². The Morgan fingerprint density at radius 1 is 1.11 bits per heavy atom. The van der Waals surface area contributed by atoms with Crippen molar-refractivity contribution in [3.8, 4) is 0 Å². The third-order valence-electron chi connectivity index (χ3n) is 3.39. The molecule has 1 heterocycles. The number of rotatable bonds is 4. The predicted molar refractivity (Wildman–Crippen MR) is 75.7 cm³/mol. The number of nitrogens with zero attached hydrogens (tertiary/aromatic N) is 1. The van der Waals surface area contributed by atoms with Crippen molar-refractivity contribution in [1.29, 1.82) is 0 Å². The molecular weight excluding hydrogens is 220 g/mol. The van der Waals surface area contributed by atoms with E-state index in [1.54, 1.807) is 0 Å². The summed E-state index contributed by atoms with van der Waals surface area (Å²) in [7, 11) is 0. The van der Waals surface area contributed by atoms with Gasteiger partial charge in [-0.15, -0.1) is 0 Å². The Morgan fingerprint density at radius 2 is 1.83 bits per heavy atom. The molecule has 18 heavy (non-hydrogen) atoms. The molecule has 0 aliphatic carbocycles. The molecule has 0 aliphatic heterocycles. The predicted octanol–water partition coefficient (Wildman–Crippen LogP) is 2.98. The second-order valence-corrected chi connectivity index (χ2v) is 4.85. The molecule has 0 saturated carbocycles. The summed E-state index contributed by atoms with van der Waals surface area (Å²) < 4.78 is 0. The van der Waals surface area contributed by atoms with Gasteiger partial charge in [0.15, 0.2) is 0 Å². The molecule has 2 nitrogen and oxygen atoms in total. The maximum absolute atomic E-state index is 5.96. The molecule has 2 N–H and O–H groups in total. The highest BCUT2D eigenvalue weighted by Crippen LogP contribution is 2.24. The van der Waals surface area contributed by atoms with E-state index in [0.717, 1.165) is 6.42 Å². The number of hydrogen-bond acceptors (Lipinski definition) is 2. The summed E-state index contributed by atoms with van der Waals surface area (Å²) in [6.45, 7) is 4.96. The molecule has 0 saturated heterocycles. The largest absolute Gasteiger partial charge is 0.330 e. The summed E-state index contributed by atoms with van der Waals surface area (Å²) in [5, 5.41) is 0. The van der Waals surface area contributed by atoms with Gasteiger partial charge in [0, 0.05) is 18.3 Å². The molecule has 2 aromatic rings. The molecule has 0 radical (unpaired) electrons. The average molecular weight is 240 g/mol. The summed E-state index contributed by atoms with van der Waals surface area (Å²) >= 11 is 0. The second kappa shape index (κ2) is 5.78. The Balaban J connectivity index is 2.26. The van der Waals surface area contributed by atoms with Crippen LogP contribution < -0.4 is 5.73 Å². The minimum absolute atomic E-state index is 0.382. The fourth-order valence-electron chi connectivity index (χ4n) is 2.32. The van der Waals surface area contributed by atoms with Gasteiger partial charge in [-0.25, -0.2) is 0 Å². The molecule has 0 bridgehead atoms. The lowest BCUT2D eigenvalue weighted by Crippen LogP contribution is -2.16. The maximum Gasteiger partial charge on any atom is 0.0270 e. The second-order valence-electron chi connectivity index (χ2n) is 4.85. The van der Waals surface area contributed by atoms with Gasteiger partial charge in [-0.2, -0.15) is 0 Å². The van der Waals surface area contributed by atoms with Crippen LogP contribution in [0.1, 0.15) is 28.2 Å². The number of benzene rings is 1. The first-order chi connectivity index (χ1) is 8.70. The monoisotopic (exact) mass is 240 g/mol. The van der Waals surface area contributed by atoms with Crippen LogP contribution in [0.2, 0.25) is 0 Å². The molecular formula is C16H20N2. The van der Waals surface area contributed by atoms with Gasteiger partial charge in [-0.1, -0.05) is 23.8 Å². The van der Waals surface area contributed by atoms with Gasteiger partial charge in [-0.3, -0.25) is 4.98 Å². The van der Waals surface area contributed by atoms with Crippen molar-refractivity contribution in [1.82, 2.24) is 4.98 Å². The molecule has 0 amide bonds. The first-order valence-electron chi connectivity index (χ1n) is 6.37. The van der Waals surface area contributed by atoms with Crippen LogP contribution in [0.25, 0.3) is 0 Å². The van der Waals surface area contributed by atoms with E-state index in [1.165, 1.54) is 22.3 Å². The van der Waals surface area contributed by atoms with Crippen LogP contribution >= 0.6 is 0 Å². The molecule has 2 rings (SSSR count). The quantitative estimate of drug-likeness (QED) is 0.892. The minimum atomic E-state index is 0.382. The lowest BCUT2D eigenvalue weighted by Gasteiger charge is -2.18. The smallest absolute Gasteiger partial charge is 0.0270 e. The van der Waals surface area contributed by atoms with Crippen LogP contribution in [0.15, 0.2) is 42.7 Å². The SMILES string of the molecule is Cc1ccc(C)c(C(CN)Cc2ccncc2)c1. The Bertz CT molecular complexity index is 506. The molecule has 1 atom stereocenters. The normalized spacial score (nSPS) is 12.4.